The SMILES string of the molecule is CCCCCCCC(=O)ONOC(=O)CCCCCCC. The third kappa shape index (κ3) is 15.1. The minimum atomic E-state index is -0.387. The van der Waals surface area contributed by atoms with Gasteiger partial charge in [-0.3, -0.25) is 9.59 Å². The van der Waals surface area contributed by atoms with Crippen LogP contribution < -0.4 is 5.64 Å². The summed E-state index contributed by atoms with van der Waals surface area (Å²) in [6, 6.07) is 0. The van der Waals surface area contributed by atoms with Crippen molar-refractivity contribution in [3.8, 4) is 0 Å². The third-order valence-electron chi connectivity index (χ3n) is 3.28. The lowest BCUT2D eigenvalue weighted by molar-refractivity contribution is -0.198. The molecule has 0 fully saturated rings. The molecule has 0 radical (unpaired) electrons. The van der Waals surface area contributed by atoms with Crippen molar-refractivity contribution in [2.75, 3.05) is 0 Å². The van der Waals surface area contributed by atoms with Crippen LogP contribution in [-0.4, -0.2) is 11.9 Å². The maximum absolute atomic E-state index is 11.3. The summed E-state index contributed by atoms with van der Waals surface area (Å²) in [4.78, 5) is 31.9. The molecule has 0 aromatic carbocycles. The normalized spacial score (nSPS) is 10.4. The molecule has 1 N–H and O–H groups in total. The Bertz CT molecular complexity index is 243. The molecule has 0 atom stereocenters. The number of unbranched alkanes of at least 4 members (excludes halogenated alkanes) is 8. The van der Waals surface area contributed by atoms with Crippen LogP contribution in [0.1, 0.15) is 90.9 Å². The van der Waals surface area contributed by atoms with E-state index in [9.17, 15) is 9.59 Å². The van der Waals surface area contributed by atoms with Crippen molar-refractivity contribution in [1.29, 1.82) is 0 Å². The van der Waals surface area contributed by atoms with Gasteiger partial charge in [-0.2, -0.15) is 0 Å². The topological polar surface area (TPSA) is 64.6 Å². The van der Waals surface area contributed by atoms with E-state index in [4.69, 9.17) is 0 Å². The van der Waals surface area contributed by atoms with Crippen LogP contribution in [0.25, 0.3) is 0 Å². The molecule has 0 aliphatic carbocycles. The standard InChI is InChI=1S/C16H31NO4/c1-3-5-7-9-11-13-15(18)20-17-21-16(19)14-12-10-8-6-4-2/h17H,3-14H2,1-2H3. The second-order valence-corrected chi connectivity index (χ2v) is 5.36. The number of nitrogens with one attached hydrogen (secondary N) is 1. The van der Waals surface area contributed by atoms with E-state index in [1.807, 2.05) is 5.64 Å². The Kier molecular flexibility index (Phi) is 14.5. The first kappa shape index (κ1) is 19.9. The Hall–Kier alpha value is -1.10. The first-order valence-corrected chi connectivity index (χ1v) is 8.35. The molecule has 0 aromatic heterocycles. The summed E-state index contributed by atoms with van der Waals surface area (Å²) < 4.78 is 0. The molecule has 21 heavy (non-hydrogen) atoms. The molecule has 0 amide bonds. The van der Waals surface area contributed by atoms with E-state index in [0.717, 1.165) is 38.5 Å². The summed E-state index contributed by atoms with van der Waals surface area (Å²) >= 11 is 0. The lowest BCUT2D eigenvalue weighted by Crippen LogP contribution is -2.23. The molecule has 0 saturated carbocycles. The van der Waals surface area contributed by atoms with Gasteiger partial charge in [-0.25, -0.2) is 0 Å². The van der Waals surface area contributed by atoms with Crippen molar-refractivity contribution in [3.63, 3.8) is 0 Å². The number of hydrogen-bond donors (Lipinski definition) is 1. The van der Waals surface area contributed by atoms with Gasteiger partial charge in [0.2, 0.25) is 0 Å². The van der Waals surface area contributed by atoms with E-state index in [0.29, 0.717) is 12.8 Å². The van der Waals surface area contributed by atoms with Crippen LogP contribution in [0.15, 0.2) is 0 Å². The number of carbonyl (C=O) groups excluding carboxylic acids is 2. The first-order chi connectivity index (χ1) is 10.2. The smallest absolute Gasteiger partial charge is 0.328 e. The fraction of sp³-hybridized carbons (Fsp3) is 0.875. The molecule has 0 bridgehead atoms. The average Bonchev–Trinajstić information content (AvgIpc) is 2.47. The van der Waals surface area contributed by atoms with E-state index < -0.39 is 0 Å². The zero-order valence-electron chi connectivity index (χ0n) is 13.6. The van der Waals surface area contributed by atoms with Crippen molar-refractivity contribution in [2.24, 2.45) is 0 Å². The van der Waals surface area contributed by atoms with Crippen molar-refractivity contribution < 1.29 is 19.3 Å². The van der Waals surface area contributed by atoms with Crippen LogP contribution >= 0.6 is 0 Å². The molecule has 0 saturated heterocycles. The third-order valence-corrected chi connectivity index (χ3v) is 3.28. The van der Waals surface area contributed by atoms with Gasteiger partial charge < -0.3 is 9.68 Å². The van der Waals surface area contributed by atoms with Crippen LogP contribution in [-0.2, 0) is 19.3 Å². The van der Waals surface area contributed by atoms with Gasteiger partial charge in [0, 0.05) is 18.5 Å². The van der Waals surface area contributed by atoms with Crippen LogP contribution in [0.4, 0.5) is 0 Å². The molecular formula is C16H31NO4. The predicted octanol–water partition coefficient (Wildman–Crippen LogP) is 4.21. The van der Waals surface area contributed by atoms with Gasteiger partial charge in [-0.15, -0.1) is 0 Å². The first-order valence-electron chi connectivity index (χ1n) is 8.35. The van der Waals surface area contributed by atoms with Crippen molar-refractivity contribution in [1.82, 2.24) is 5.64 Å². The fourth-order valence-electron chi connectivity index (χ4n) is 1.96. The van der Waals surface area contributed by atoms with Gasteiger partial charge in [0.15, 0.2) is 0 Å². The molecular weight excluding hydrogens is 270 g/mol. The second-order valence-electron chi connectivity index (χ2n) is 5.36. The highest BCUT2D eigenvalue weighted by Crippen LogP contribution is 2.06. The minimum Gasteiger partial charge on any atom is -0.336 e. The minimum absolute atomic E-state index is 0.352. The van der Waals surface area contributed by atoms with Crippen LogP contribution in [0.3, 0.4) is 0 Å². The number of carbonyl (C=O) groups is 2. The zero-order valence-corrected chi connectivity index (χ0v) is 13.6. The van der Waals surface area contributed by atoms with Gasteiger partial charge in [-0.1, -0.05) is 65.2 Å². The van der Waals surface area contributed by atoms with Crippen molar-refractivity contribution in [2.45, 2.75) is 90.9 Å². The molecule has 124 valence electrons. The molecule has 0 unspecified atom stereocenters. The fourth-order valence-corrected chi connectivity index (χ4v) is 1.96. The maximum atomic E-state index is 11.3. The summed E-state index contributed by atoms with van der Waals surface area (Å²) in [5, 5.41) is 0. The zero-order chi connectivity index (χ0) is 15.8. The van der Waals surface area contributed by atoms with E-state index in [1.165, 1.54) is 25.7 Å². The lowest BCUT2D eigenvalue weighted by Gasteiger charge is -2.06. The molecule has 0 aliphatic rings. The van der Waals surface area contributed by atoms with Gasteiger partial charge in [0.05, 0.1) is 0 Å². The maximum Gasteiger partial charge on any atom is 0.328 e. The summed E-state index contributed by atoms with van der Waals surface area (Å²) in [5.41, 5.74) is 1.99. The second kappa shape index (κ2) is 15.3. The number of hydrogen-bond acceptors (Lipinski definition) is 5. The molecule has 0 aliphatic heterocycles. The predicted molar refractivity (Wildman–Crippen MR) is 82.1 cm³/mol. The Labute approximate surface area is 128 Å². The van der Waals surface area contributed by atoms with E-state index in [2.05, 4.69) is 23.5 Å². The molecule has 0 heterocycles. The Morgan fingerprint density at radius 1 is 0.667 bits per heavy atom. The van der Waals surface area contributed by atoms with Gasteiger partial charge in [0.1, 0.15) is 0 Å². The van der Waals surface area contributed by atoms with Crippen molar-refractivity contribution in [3.05, 3.63) is 0 Å². The highest BCUT2D eigenvalue weighted by molar-refractivity contribution is 5.70. The molecule has 0 spiro atoms. The van der Waals surface area contributed by atoms with E-state index >= 15 is 0 Å². The summed E-state index contributed by atoms with van der Waals surface area (Å²) in [7, 11) is 0. The molecule has 0 rings (SSSR count). The van der Waals surface area contributed by atoms with E-state index in [-0.39, 0.29) is 11.9 Å². The van der Waals surface area contributed by atoms with Gasteiger partial charge >= 0.3 is 11.9 Å². The number of rotatable bonds is 14. The van der Waals surface area contributed by atoms with Gasteiger partial charge in [0.25, 0.3) is 0 Å². The Morgan fingerprint density at radius 2 is 1.05 bits per heavy atom. The quantitative estimate of drug-likeness (QED) is 0.384. The van der Waals surface area contributed by atoms with Crippen molar-refractivity contribution >= 4 is 11.9 Å². The highest BCUT2D eigenvalue weighted by Gasteiger charge is 2.06. The summed E-state index contributed by atoms with van der Waals surface area (Å²) in [6.07, 6.45) is 11.4. The van der Waals surface area contributed by atoms with Crippen LogP contribution in [0.2, 0.25) is 0 Å². The summed E-state index contributed by atoms with van der Waals surface area (Å²) in [5.74, 6) is -0.774. The van der Waals surface area contributed by atoms with Gasteiger partial charge in [-0.05, 0) is 12.8 Å². The van der Waals surface area contributed by atoms with E-state index in [1.54, 1.807) is 0 Å². The molecule has 5 heteroatoms. The van der Waals surface area contributed by atoms with Crippen LogP contribution in [0.5, 0.6) is 0 Å². The monoisotopic (exact) mass is 301 g/mol. The molecule has 5 nitrogen and oxygen atoms in total. The molecule has 0 aromatic rings. The Balaban J connectivity index is 3.34. The lowest BCUT2D eigenvalue weighted by atomic mass is 10.1. The Morgan fingerprint density at radius 3 is 1.43 bits per heavy atom. The van der Waals surface area contributed by atoms with Crippen LogP contribution in [0, 0.1) is 0 Å². The summed E-state index contributed by atoms with van der Waals surface area (Å²) in [6.45, 7) is 4.30. The highest BCUT2D eigenvalue weighted by atomic mass is 16.9. The average molecular weight is 301 g/mol. The largest absolute Gasteiger partial charge is 0.336 e.